The minimum Gasteiger partial charge on any atom is -0.300 e. The van der Waals surface area contributed by atoms with Gasteiger partial charge in [0.25, 0.3) is 0 Å². The minimum atomic E-state index is -3.61. The number of hydrogen-bond donors (Lipinski definition) is 0. The quantitative estimate of drug-likeness (QED) is 0.699. The Labute approximate surface area is 115 Å². The Kier molecular flexibility index (Phi) is 5.52. The van der Waals surface area contributed by atoms with E-state index in [1.165, 1.54) is 11.2 Å². The number of piperidine rings is 1. The Hall–Kier alpha value is -0.470. The molecule has 1 rings (SSSR count). The first-order chi connectivity index (χ1) is 8.62. The summed E-state index contributed by atoms with van der Waals surface area (Å²) in [6, 6.07) is -0.309. The van der Waals surface area contributed by atoms with Gasteiger partial charge in [-0.2, -0.15) is 4.31 Å². The molecule has 1 heterocycles. The third-order valence-electron chi connectivity index (χ3n) is 3.17. The highest BCUT2D eigenvalue weighted by Gasteiger charge is 2.33. The molecule has 1 fully saturated rings. The Morgan fingerprint density at radius 1 is 1.16 bits per heavy atom. The maximum absolute atomic E-state index is 12.2. The van der Waals surface area contributed by atoms with Gasteiger partial charge < -0.3 is 0 Å². The first kappa shape index (κ1) is 16.6. The average molecular weight is 311 g/mol. The molecule has 0 saturated carbocycles. The van der Waals surface area contributed by atoms with Gasteiger partial charge in [-0.1, -0.05) is 6.42 Å². The summed E-state index contributed by atoms with van der Waals surface area (Å²) in [5.74, 6) is -0.825. The summed E-state index contributed by atoms with van der Waals surface area (Å²) in [6.07, 6.45) is 3.55. The minimum absolute atomic E-state index is 0.0461. The number of rotatable bonds is 6. The maximum Gasteiger partial charge on any atom is 0.215 e. The van der Waals surface area contributed by atoms with Crippen LogP contribution in [0.5, 0.6) is 0 Å². The Morgan fingerprint density at radius 2 is 1.79 bits per heavy atom. The highest BCUT2D eigenvalue weighted by atomic mass is 32.2. The number of sulfone groups is 1. The van der Waals surface area contributed by atoms with Crippen LogP contribution < -0.4 is 0 Å². The number of carbonyl (C=O) groups is 1. The lowest BCUT2D eigenvalue weighted by Crippen LogP contribution is -2.46. The molecule has 1 aliphatic rings. The average Bonchev–Trinajstić information content (AvgIpc) is 2.25. The van der Waals surface area contributed by atoms with Crippen LogP contribution >= 0.6 is 0 Å². The molecule has 8 heteroatoms. The molecule has 0 aliphatic carbocycles. The van der Waals surface area contributed by atoms with Gasteiger partial charge in [0.05, 0.1) is 11.5 Å². The summed E-state index contributed by atoms with van der Waals surface area (Å²) < 4.78 is 47.8. The monoisotopic (exact) mass is 311 g/mol. The van der Waals surface area contributed by atoms with Crippen LogP contribution in [0.4, 0.5) is 0 Å². The smallest absolute Gasteiger partial charge is 0.215 e. The number of carbonyl (C=O) groups excluding carboxylic acids is 1. The van der Waals surface area contributed by atoms with Gasteiger partial charge in [0.1, 0.15) is 15.6 Å². The Bertz CT molecular complexity index is 523. The molecule has 112 valence electrons. The fourth-order valence-electron chi connectivity index (χ4n) is 2.25. The number of ketones is 1. The van der Waals surface area contributed by atoms with Crippen molar-refractivity contribution in [3.8, 4) is 0 Å². The van der Waals surface area contributed by atoms with Gasteiger partial charge in [-0.05, 0) is 19.8 Å². The number of hydrogen-bond acceptors (Lipinski definition) is 5. The van der Waals surface area contributed by atoms with Crippen molar-refractivity contribution < 1.29 is 21.6 Å². The zero-order chi connectivity index (χ0) is 14.7. The molecule has 1 saturated heterocycles. The second-order valence-electron chi connectivity index (χ2n) is 5.11. The Balaban J connectivity index is 2.80. The van der Waals surface area contributed by atoms with E-state index in [-0.39, 0.29) is 24.0 Å². The zero-order valence-corrected chi connectivity index (χ0v) is 13.0. The van der Waals surface area contributed by atoms with E-state index in [4.69, 9.17) is 0 Å². The van der Waals surface area contributed by atoms with Crippen LogP contribution in [0, 0.1) is 0 Å². The lowest BCUT2D eigenvalue weighted by atomic mass is 10.0. The van der Waals surface area contributed by atoms with E-state index in [2.05, 4.69) is 0 Å². The van der Waals surface area contributed by atoms with Gasteiger partial charge in [0.2, 0.25) is 10.0 Å². The molecule has 0 radical (unpaired) electrons. The van der Waals surface area contributed by atoms with Crippen LogP contribution in [-0.2, 0) is 24.7 Å². The van der Waals surface area contributed by atoms with Gasteiger partial charge in [-0.25, -0.2) is 16.8 Å². The van der Waals surface area contributed by atoms with E-state index in [0.29, 0.717) is 13.0 Å². The van der Waals surface area contributed by atoms with Crippen molar-refractivity contribution in [3.05, 3.63) is 0 Å². The van der Waals surface area contributed by atoms with E-state index >= 15 is 0 Å². The fourth-order valence-corrected chi connectivity index (χ4v) is 5.58. The maximum atomic E-state index is 12.2. The molecule has 1 atom stereocenters. The zero-order valence-electron chi connectivity index (χ0n) is 11.3. The first-order valence-corrected chi connectivity index (χ1v) is 9.95. The Morgan fingerprint density at radius 3 is 2.32 bits per heavy atom. The first-order valence-electron chi connectivity index (χ1n) is 6.28. The second kappa shape index (κ2) is 6.32. The summed E-state index contributed by atoms with van der Waals surface area (Å²) >= 11 is 0. The lowest BCUT2D eigenvalue weighted by Gasteiger charge is -2.34. The van der Waals surface area contributed by atoms with Crippen molar-refractivity contribution in [3.63, 3.8) is 0 Å². The van der Waals surface area contributed by atoms with Gasteiger partial charge >= 0.3 is 0 Å². The lowest BCUT2D eigenvalue weighted by molar-refractivity contribution is -0.118. The standard InChI is InChI=1S/C11H21NO5S2/c1-10(13)9-11-5-3-4-6-12(11)19(16,17)8-7-18(2,14)15/h11H,3-9H2,1-2H3. The van der Waals surface area contributed by atoms with Gasteiger partial charge in [-0.15, -0.1) is 0 Å². The molecule has 0 amide bonds. The van der Waals surface area contributed by atoms with Crippen molar-refractivity contribution in [2.45, 2.75) is 38.6 Å². The van der Waals surface area contributed by atoms with Crippen LogP contribution in [-0.4, -0.2) is 57.3 Å². The molecule has 1 aliphatic heterocycles. The molecule has 1 unspecified atom stereocenters. The summed E-state index contributed by atoms with van der Waals surface area (Å²) in [4.78, 5) is 11.2. The summed E-state index contributed by atoms with van der Waals surface area (Å²) in [6.45, 7) is 1.82. The van der Waals surface area contributed by atoms with Crippen molar-refractivity contribution in [1.29, 1.82) is 0 Å². The van der Waals surface area contributed by atoms with Gasteiger partial charge in [0, 0.05) is 25.3 Å². The SMILES string of the molecule is CC(=O)CC1CCCCN1S(=O)(=O)CCS(C)(=O)=O. The summed E-state index contributed by atoms with van der Waals surface area (Å²) in [5.41, 5.74) is 0. The third-order valence-corrected chi connectivity index (χ3v) is 6.29. The highest BCUT2D eigenvalue weighted by molar-refractivity contribution is 7.93. The predicted octanol–water partition coefficient (Wildman–Crippen LogP) is 0.194. The van der Waals surface area contributed by atoms with Gasteiger partial charge in [0.15, 0.2) is 0 Å². The second-order valence-corrected chi connectivity index (χ2v) is 9.41. The fraction of sp³-hybridized carbons (Fsp3) is 0.909. The molecule has 19 heavy (non-hydrogen) atoms. The molecular formula is C11H21NO5S2. The predicted molar refractivity (Wildman–Crippen MR) is 73.1 cm³/mol. The molecule has 6 nitrogen and oxygen atoms in total. The molecular weight excluding hydrogens is 290 g/mol. The van der Waals surface area contributed by atoms with Crippen molar-refractivity contribution in [2.24, 2.45) is 0 Å². The summed E-state index contributed by atoms with van der Waals surface area (Å²) in [5, 5.41) is 0. The molecule has 0 aromatic carbocycles. The van der Waals surface area contributed by atoms with E-state index in [9.17, 15) is 21.6 Å². The topological polar surface area (TPSA) is 88.6 Å². The van der Waals surface area contributed by atoms with Crippen molar-refractivity contribution in [1.82, 2.24) is 4.31 Å². The molecule has 0 spiro atoms. The summed E-state index contributed by atoms with van der Waals surface area (Å²) in [7, 11) is -6.92. The third kappa shape index (κ3) is 5.58. The van der Waals surface area contributed by atoms with Gasteiger partial charge in [-0.3, -0.25) is 4.79 Å². The van der Waals surface area contributed by atoms with E-state index < -0.39 is 25.6 Å². The molecule has 0 aromatic heterocycles. The van der Waals surface area contributed by atoms with E-state index in [0.717, 1.165) is 19.1 Å². The van der Waals surface area contributed by atoms with E-state index in [1.54, 1.807) is 0 Å². The van der Waals surface area contributed by atoms with Crippen LogP contribution in [0.25, 0.3) is 0 Å². The van der Waals surface area contributed by atoms with Crippen molar-refractivity contribution in [2.75, 3.05) is 24.3 Å². The largest absolute Gasteiger partial charge is 0.300 e. The normalized spacial score (nSPS) is 22.3. The van der Waals surface area contributed by atoms with Crippen LogP contribution in [0.1, 0.15) is 32.6 Å². The van der Waals surface area contributed by atoms with Crippen LogP contribution in [0.2, 0.25) is 0 Å². The molecule has 0 bridgehead atoms. The number of Topliss-reactive ketones (excluding diaryl/α,β-unsaturated/α-hetero) is 1. The van der Waals surface area contributed by atoms with Crippen LogP contribution in [0.15, 0.2) is 0 Å². The number of sulfonamides is 1. The highest BCUT2D eigenvalue weighted by Crippen LogP contribution is 2.23. The molecule has 0 aromatic rings. The van der Waals surface area contributed by atoms with E-state index in [1.807, 2.05) is 0 Å². The molecule has 0 N–H and O–H groups in total. The van der Waals surface area contributed by atoms with Crippen molar-refractivity contribution >= 4 is 25.6 Å². The van der Waals surface area contributed by atoms with Crippen LogP contribution in [0.3, 0.4) is 0 Å². The number of nitrogens with zero attached hydrogens (tertiary/aromatic N) is 1.